The molecule has 24 heavy (non-hydrogen) atoms. The molecule has 1 aliphatic heterocycles. The molecule has 0 radical (unpaired) electrons. The number of halogens is 1. The molecule has 0 N–H and O–H groups in total. The predicted molar refractivity (Wildman–Crippen MR) is 95.4 cm³/mol. The molecule has 0 saturated carbocycles. The summed E-state index contributed by atoms with van der Waals surface area (Å²) in [5, 5.41) is 0.682. The molecule has 5 heteroatoms. The van der Waals surface area contributed by atoms with Crippen LogP contribution in [0.1, 0.15) is 28.4 Å². The summed E-state index contributed by atoms with van der Waals surface area (Å²) in [6.07, 6.45) is 0.789. The van der Waals surface area contributed by atoms with Crippen molar-refractivity contribution >= 4 is 29.1 Å². The van der Waals surface area contributed by atoms with Crippen molar-refractivity contribution in [2.45, 2.75) is 19.9 Å². The molecule has 124 valence electrons. The van der Waals surface area contributed by atoms with E-state index in [4.69, 9.17) is 11.6 Å². The van der Waals surface area contributed by atoms with E-state index in [1.807, 2.05) is 36.4 Å². The fraction of sp³-hybridized carbons (Fsp3) is 0.263. The average molecular weight is 343 g/mol. The van der Waals surface area contributed by atoms with Crippen molar-refractivity contribution < 1.29 is 9.59 Å². The molecule has 1 aliphatic rings. The number of fused-ring (bicyclic) bond motifs is 1. The highest BCUT2D eigenvalue weighted by atomic mass is 35.5. The SMILES string of the molecule is CC(=O)N1CCc2cc(C(=O)N(C)Cc3ccc(Cl)cc3)ccc21. The lowest BCUT2D eigenvalue weighted by Gasteiger charge is -2.19. The van der Waals surface area contributed by atoms with Gasteiger partial charge in [-0.1, -0.05) is 23.7 Å². The van der Waals surface area contributed by atoms with E-state index < -0.39 is 0 Å². The fourth-order valence-corrected chi connectivity index (χ4v) is 3.14. The van der Waals surface area contributed by atoms with Gasteiger partial charge in [-0.15, -0.1) is 0 Å². The zero-order chi connectivity index (χ0) is 17.3. The number of amides is 2. The Kier molecular flexibility index (Phi) is 4.58. The quantitative estimate of drug-likeness (QED) is 0.856. The summed E-state index contributed by atoms with van der Waals surface area (Å²) in [5.41, 5.74) is 3.64. The summed E-state index contributed by atoms with van der Waals surface area (Å²) in [4.78, 5) is 27.7. The van der Waals surface area contributed by atoms with Crippen molar-refractivity contribution in [2.75, 3.05) is 18.5 Å². The van der Waals surface area contributed by atoms with Crippen LogP contribution < -0.4 is 4.90 Å². The van der Waals surface area contributed by atoms with Crippen LogP contribution in [0.2, 0.25) is 5.02 Å². The van der Waals surface area contributed by atoms with Gasteiger partial charge in [-0.25, -0.2) is 0 Å². The number of anilines is 1. The molecule has 0 aliphatic carbocycles. The lowest BCUT2D eigenvalue weighted by molar-refractivity contribution is -0.116. The molecule has 2 amide bonds. The number of hydrogen-bond donors (Lipinski definition) is 0. The maximum atomic E-state index is 12.7. The molecular formula is C19H19ClN2O2. The third-order valence-corrected chi connectivity index (χ3v) is 4.53. The molecule has 0 atom stereocenters. The van der Waals surface area contributed by atoms with Crippen molar-refractivity contribution in [3.05, 3.63) is 64.2 Å². The Morgan fingerprint density at radius 1 is 1.17 bits per heavy atom. The predicted octanol–water partition coefficient (Wildman–Crippen LogP) is 3.52. The summed E-state index contributed by atoms with van der Waals surface area (Å²) in [7, 11) is 1.78. The summed E-state index contributed by atoms with van der Waals surface area (Å²) < 4.78 is 0. The van der Waals surface area contributed by atoms with Crippen LogP contribution in [-0.2, 0) is 17.8 Å². The molecule has 0 aromatic heterocycles. The maximum Gasteiger partial charge on any atom is 0.253 e. The Labute approximate surface area is 146 Å². The zero-order valence-electron chi connectivity index (χ0n) is 13.8. The summed E-state index contributed by atoms with van der Waals surface area (Å²) in [6.45, 7) is 2.77. The standard InChI is InChI=1S/C19H19ClN2O2/c1-13(23)22-10-9-15-11-16(5-8-18(15)22)19(24)21(2)12-14-3-6-17(20)7-4-14/h3-8,11H,9-10,12H2,1-2H3. The Morgan fingerprint density at radius 2 is 1.88 bits per heavy atom. The van der Waals surface area contributed by atoms with E-state index in [0.29, 0.717) is 23.7 Å². The highest BCUT2D eigenvalue weighted by Gasteiger charge is 2.23. The topological polar surface area (TPSA) is 40.6 Å². The van der Waals surface area contributed by atoms with Crippen molar-refractivity contribution in [3.63, 3.8) is 0 Å². The van der Waals surface area contributed by atoms with E-state index in [2.05, 4.69) is 0 Å². The van der Waals surface area contributed by atoms with Crippen LogP contribution in [0.5, 0.6) is 0 Å². The van der Waals surface area contributed by atoms with Crippen LogP contribution in [0.4, 0.5) is 5.69 Å². The van der Waals surface area contributed by atoms with Crippen LogP contribution in [0.15, 0.2) is 42.5 Å². The monoisotopic (exact) mass is 342 g/mol. The number of hydrogen-bond acceptors (Lipinski definition) is 2. The van der Waals surface area contributed by atoms with Crippen LogP contribution in [0, 0.1) is 0 Å². The second kappa shape index (κ2) is 6.65. The first kappa shape index (κ1) is 16.5. The first-order chi connectivity index (χ1) is 11.5. The lowest BCUT2D eigenvalue weighted by atomic mass is 10.1. The molecule has 0 fully saturated rings. The van der Waals surface area contributed by atoms with E-state index in [1.54, 1.807) is 29.8 Å². The first-order valence-corrected chi connectivity index (χ1v) is 8.24. The van der Waals surface area contributed by atoms with E-state index in [-0.39, 0.29) is 11.8 Å². The minimum absolute atomic E-state index is 0.0333. The molecule has 2 aromatic carbocycles. The number of benzene rings is 2. The van der Waals surface area contributed by atoms with E-state index in [1.165, 1.54) is 0 Å². The summed E-state index contributed by atoms with van der Waals surface area (Å²) >= 11 is 5.89. The number of nitrogens with zero attached hydrogens (tertiary/aromatic N) is 2. The van der Waals surface area contributed by atoms with Gasteiger partial charge in [0.25, 0.3) is 5.91 Å². The minimum atomic E-state index is -0.0333. The summed E-state index contributed by atoms with van der Waals surface area (Å²) in [5.74, 6) is 0.00158. The third-order valence-electron chi connectivity index (χ3n) is 4.28. The van der Waals surface area contributed by atoms with Crippen LogP contribution in [0.25, 0.3) is 0 Å². The smallest absolute Gasteiger partial charge is 0.253 e. The lowest BCUT2D eigenvalue weighted by Crippen LogP contribution is -2.27. The van der Waals surface area contributed by atoms with Gasteiger partial charge >= 0.3 is 0 Å². The maximum absolute atomic E-state index is 12.7. The second-order valence-electron chi connectivity index (χ2n) is 6.05. The van der Waals surface area contributed by atoms with Gasteiger partial charge in [-0.05, 0) is 47.9 Å². The normalized spacial score (nSPS) is 12.9. The van der Waals surface area contributed by atoms with E-state index >= 15 is 0 Å². The average Bonchev–Trinajstić information content (AvgIpc) is 2.99. The van der Waals surface area contributed by atoms with Crippen molar-refractivity contribution in [1.82, 2.24) is 4.90 Å². The molecular weight excluding hydrogens is 324 g/mol. The summed E-state index contributed by atoms with van der Waals surface area (Å²) in [6, 6.07) is 13.0. The molecule has 1 heterocycles. The largest absolute Gasteiger partial charge is 0.337 e. The molecule has 2 aromatic rings. The van der Waals surface area contributed by atoms with Crippen molar-refractivity contribution in [1.29, 1.82) is 0 Å². The first-order valence-electron chi connectivity index (χ1n) is 7.86. The van der Waals surface area contributed by atoms with E-state index in [9.17, 15) is 9.59 Å². The van der Waals surface area contributed by atoms with Gasteiger partial charge in [-0.3, -0.25) is 9.59 Å². The zero-order valence-corrected chi connectivity index (χ0v) is 14.5. The molecule has 0 bridgehead atoms. The molecule has 4 nitrogen and oxygen atoms in total. The highest BCUT2D eigenvalue weighted by molar-refractivity contribution is 6.30. The Hall–Kier alpha value is -2.33. The molecule has 0 spiro atoms. The van der Waals surface area contributed by atoms with Crippen LogP contribution in [0.3, 0.4) is 0 Å². The third kappa shape index (κ3) is 3.29. The van der Waals surface area contributed by atoms with Gasteiger partial charge < -0.3 is 9.80 Å². The van der Waals surface area contributed by atoms with Gasteiger partial charge in [0, 0.05) is 43.3 Å². The fourth-order valence-electron chi connectivity index (χ4n) is 3.02. The van der Waals surface area contributed by atoms with Gasteiger partial charge in [-0.2, -0.15) is 0 Å². The number of carbonyl (C=O) groups is 2. The van der Waals surface area contributed by atoms with E-state index in [0.717, 1.165) is 23.2 Å². The van der Waals surface area contributed by atoms with Crippen molar-refractivity contribution in [2.24, 2.45) is 0 Å². The number of rotatable bonds is 3. The molecule has 0 saturated heterocycles. The number of carbonyl (C=O) groups excluding carboxylic acids is 2. The van der Waals surface area contributed by atoms with Gasteiger partial charge in [0.1, 0.15) is 0 Å². The second-order valence-corrected chi connectivity index (χ2v) is 6.49. The van der Waals surface area contributed by atoms with Crippen LogP contribution in [-0.4, -0.2) is 30.3 Å². The molecule has 3 rings (SSSR count). The van der Waals surface area contributed by atoms with Gasteiger partial charge in [0.15, 0.2) is 0 Å². The Bertz CT molecular complexity index is 786. The minimum Gasteiger partial charge on any atom is -0.337 e. The van der Waals surface area contributed by atoms with Gasteiger partial charge in [0.2, 0.25) is 5.91 Å². The highest BCUT2D eigenvalue weighted by Crippen LogP contribution is 2.29. The Balaban J connectivity index is 1.75. The van der Waals surface area contributed by atoms with Crippen LogP contribution >= 0.6 is 11.6 Å². The molecule has 0 unspecified atom stereocenters. The Morgan fingerprint density at radius 3 is 2.54 bits per heavy atom. The van der Waals surface area contributed by atoms with Crippen molar-refractivity contribution in [3.8, 4) is 0 Å². The van der Waals surface area contributed by atoms with Gasteiger partial charge in [0.05, 0.1) is 0 Å².